The van der Waals surface area contributed by atoms with Crippen LogP contribution in [-0.4, -0.2) is 22.1 Å². The Balaban J connectivity index is 2.47. The molecular formula is C8H10BrNO2. The molecule has 2 unspecified atom stereocenters. The third-order valence-electron chi connectivity index (χ3n) is 1.51. The van der Waals surface area contributed by atoms with Crippen LogP contribution in [0.3, 0.4) is 0 Å². The second-order valence-corrected chi connectivity index (χ2v) is 3.63. The normalized spacial score (nSPS) is 29.4. The Morgan fingerprint density at radius 3 is 3.08 bits per heavy atom. The molecule has 66 valence electrons. The highest BCUT2D eigenvalue weighted by Crippen LogP contribution is 2.10. The van der Waals surface area contributed by atoms with Crippen molar-refractivity contribution in [1.29, 1.82) is 0 Å². The molecule has 1 heterocycles. The summed E-state index contributed by atoms with van der Waals surface area (Å²) >= 11 is 3.39. The summed E-state index contributed by atoms with van der Waals surface area (Å²) in [4.78, 5) is 10.4. The summed E-state index contributed by atoms with van der Waals surface area (Å²) < 4.78 is 0. The smallest absolute Gasteiger partial charge is 0.328 e. The first-order valence-corrected chi connectivity index (χ1v) is 4.58. The second kappa shape index (κ2) is 4.42. The quantitative estimate of drug-likeness (QED) is 0.326. The third kappa shape index (κ3) is 3.19. The number of rotatable bonds is 2. The van der Waals surface area contributed by atoms with Gasteiger partial charge in [-0.1, -0.05) is 34.2 Å². The number of nitrogens with one attached hydrogen (secondary N) is 1. The topological polar surface area (TPSA) is 49.3 Å². The van der Waals surface area contributed by atoms with Crippen molar-refractivity contribution in [2.24, 2.45) is 0 Å². The third-order valence-corrected chi connectivity index (χ3v) is 2.14. The fourth-order valence-corrected chi connectivity index (χ4v) is 1.50. The Labute approximate surface area is 79.3 Å². The van der Waals surface area contributed by atoms with E-state index in [1.807, 2.05) is 12.2 Å². The predicted octanol–water partition coefficient (Wildman–Crippen LogP) is 1.27. The highest BCUT2D eigenvalue weighted by Gasteiger charge is 2.10. The van der Waals surface area contributed by atoms with Gasteiger partial charge in [-0.15, -0.1) is 0 Å². The number of halogens is 1. The molecule has 0 radical (unpaired) electrons. The number of aliphatic carboxylic acids is 1. The number of carboxylic acids is 1. The van der Waals surface area contributed by atoms with E-state index in [-0.39, 0.29) is 11.0 Å². The summed E-state index contributed by atoms with van der Waals surface area (Å²) in [7, 11) is 0. The Hall–Kier alpha value is -0.610. The molecule has 1 rings (SSSR count). The van der Waals surface area contributed by atoms with Crippen LogP contribution < -0.4 is 5.32 Å². The Morgan fingerprint density at radius 1 is 1.75 bits per heavy atom. The summed E-state index contributed by atoms with van der Waals surface area (Å²) in [6.07, 6.45) is 7.65. The van der Waals surface area contributed by atoms with Crippen molar-refractivity contribution >= 4 is 21.9 Å². The lowest BCUT2D eigenvalue weighted by atomic mass is 10.1. The molecule has 3 nitrogen and oxygen atoms in total. The monoisotopic (exact) mass is 231 g/mol. The fourth-order valence-electron chi connectivity index (χ4n) is 0.983. The minimum atomic E-state index is -0.915. The highest BCUT2D eigenvalue weighted by atomic mass is 79.9. The molecule has 0 aromatic carbocycles. The molecule has 12 heavy (non-hydrogen) atoms. The zero-order chi connectivity index (χ0) is 8.97. The van der Waals surface area contributed by atoms with Crippen molar-refractivity contribution in [3.8, 4) is 0 Å². The van der Waals surface area contributed by atoms with E-state index >= 15 is 0 Å². The molecule has 0 aromatic rings. The van der Waals surface area contributed by atoms with Crippen molar-refractivity contribution in [3.63, 3.8) is 0 Å². The average Bonchev–Trinajstić information content (AvgIpc) is 2.01. The first kappa shape index (κ1) is 9.48. The summed E-state index contributed by atoms with van der Waals surface area (Å²) in [6, 6.07) is 0.0271. The van der Waals surface area contributed by atoms with Gasteiger partial charge in [-0.05, 0) is 6.42 Å². The van der Waals surface area contributed by atoms with Crippen LogP contribution in [0, 0.1) is 0 Å². The maximum atomic E-state index is 10.2. The van der Waals surface area contributed by atoms with E-state index in [9.17, 15) is 4.79 Å². The van der Waals surface area contributed by atoms with Crippen molar-refractivity contribution in [1.82, 2.24) is 5.32 Å². The fraction of sp³-hybridized carbons (Fsp3) is 0.375. The van der Waals surface area contributed by atoms with E-state index < -0.39 is 5.97 Å². The predicted molar refractivity (Wildman–Crippen MR) is 50.2 cm³/mol. The zero-order valence-electron chi connectivity index (χ0n) is 6.40. The molecule has 1 aliphatic rings. The van der Waals surface area contributed by atoms with Gasteiger partial charge in [-0.2, -0.15) is 0 Å². The van der Waals surface area contributed by atoms with Gasteiger partial charge in [0.05, 0.1) is 4.95 Å². The van der Waals surface area contributed by atoms with Gasteiger partial charge in [-0.25, -0.2) is 4.79 Å². The van der Waals surface area contributed by atoms with Gasteiger partial charge in [0.15, 0.2) is 0 Å². The van der Waals surface area contributed by atoms with E-state index in [0.29, 0.717) is 0 Å². The summed E-state index contributed by atoms with van der Waals surface area (Å²) in [5.74, 6) is -0.915. The van der Waals surface area contributed by atoms with Crippen molar-refractivity contribution in [2.45, 2.75) is 17.4 Å². The standard InChI is InChI=1S/C8H10BrNO2/c9-7-3-1-2-6(10-7)4-5-8(11)12/h1-2,4-7,10H,3H2,(H,11,12)/b5-4+. The Bertz CT molecular complexity index is 225. The molecule has 1 aliphatic heterocycles. The minimum Gasteiger partial charge on any atom is -0.478 e. The maximum Gasteiger partial charge on any atom is 0.328 e. The van der Waals surface area contributed by atoms with Crippen molar-refractivity contribution in [3.05, 3.63) is 24.3 Å². The van der Waals surface area contributed by atoms with E-state index in [1.54, 1.807) is 6.08 Å². The van der Waals surface area contributed by atoms with Crippen LogP contribution in [0.4, 0.5) is 0 Å². The lowest BCUT2D eigenvalue weighted by molar-refractivity contribution is -0.131. The van der Waals surface area contributed by atoms with E-state index in [1.165, 1.54) is 0 Å². The van der Waals surface area contributed by atoms with Crippen molar-refractivity contribution in [2.75, 3.05) is 0 Å². The van der Waals surface area contributed by atoms with E-state index in [4.69, 9.17) is 5.11 Å². The summed E-state index contributed by atoms with van der Waals surface area (Å²) in [6.45, 7) is 0. The molecular weight excluding hydrogens is 222 g/mol. The van der Waals surface area contributed by atoms with Gasteiger partial charge in [-0.3, -0.25) is 5.32 Å². The molecule has 0 fully saturated rings. The van der Waals surface area contributed by atoms with Crippen LogP contribution in [0.5, 0.6) is 0 Å². The zero-order valence-corrected chi connectivity index (χ0v) is 7.99. The van der Waals surface area contributed by atoms with Gasteiger partial charge in [0, 0.05) is 12.1 Å². The van der Waals surface area contributed by atoms with Crippen LogP contribution in [0.15, 0.2) is 24.3 Å². The van der Waals surface area contributed by atoms with Gasteiger partial charge in [0.25, 0.3) is 0 Å². The molecule has 0 saturated carbocycles. The van der Waals surface area contributed by atoms with Gasteiger partial charge in [0.2, 0.25) is 0 Å². The SMILES string of the molecule is O=C(O)/C=C/C1C=CCC(Br)N1. The molecule has 0 spiro atoms. The van der Waals surface area contributed by atoms with Crippen LogP contribution in [0.1, 0.15) is 6.42 Å². The van der Waals surface area contributed by atoms with E-state index in [0.717, 1.165) is 12.5 Å². The molecule has 0 aromatic heterocycles. The molecule has 0 aliphatic carbocycles. The maximum absolute atomic E-state index is 10.2. The number of carbonyl (C=O) groups is 1. The molecule has 2 N–H and O–H groups in total. The van der Waals surface area contributed by atoms with E-state index in [2.05, 4.69) is 21.2 Å². The van der Waals surface area contributed by atoms with Crippen LogP contribution in [0.25, 0.3) is 0 Å². The van der Waals surface area contributed by atoms with Crippen LogP contribution >= 0.6 is 15.9 Å². The van der Waals surface area contributed by atoms with Gasteiger partial charge in [0.1, 0.15) is 0 Å². The molecule has 0 saturated heterocycles. The Kier molecular flexibility index (Phi) is 3.49. The van der Waals surface area contributed by atoms with Crippen molar-refractivity contribution < 1.29 is 9.90 Å². The largest absolute Gasteiger partial charge is 0.478 e. The van der Waals surface area contributed by atoms with Crippen LogP contribution in [0.2, 0.25) is 0 Å². The number of hydrogen-bond acceptors (Lipinski definition) is 2. The highest BCUT2D eigenvalue weighted by molar-refractivity contribution is 9.09. The Morgan fingerprint density at radius 2 is 2.50 bits per heavy atom. The summed E-state index contributed by atoms with van der Waals surface area (Å²) in [5, 5.41) is 11.5. The number of alkyl halides is 1. The van der Waals surface area contributed by atoms with Crippen LogP contribution in [-0.2, 0) is 4.79 Å². The summed E-state index contributed by atoms with van der Waals surface area (Å²) in [5.41, 5.74) is 0. The average molecular weight is 232 g/mol. The van der Waals surface area contributed by atoms with Gasteiger partial charge < -0.3 is 5.11 Å². The molecule has 0 bridgehead atoms. The number of carboxylic acid groups (broad SMARTS) is 1. The minimum absolute atomic E-state index is 0.0271. The first-order valence-electron chi connectivity index (χ1n) is 3.66. The lowest BCUT2D eigenvalue weighted by Crippen LogP contribution is -2.34. The van der Waals surface area contributed by atoms with Gasteiger partial charge >= 0.3 is 5.97 Å². The lowest BCUT2D eigenvalue weighted by Gasteiger charge is -2.19. The number of hydrogen-bond donors (Lipinski definition) is 2. The first-order chi connectivity index (χ1) is 5.68. The molecule has 0 amide bonds. The molecule has 4 heteroatoms. The second-order valence-electron chi connectivity index (χ2n) is 2.52. The molecule has 2 atom stereocenters.